The van der Waals surface area contributed by atoms with E-state index in [2.05, 4.69) is 25.2 Å². The Bertz CT molecular complexity index is 623. The second-order valence-corrected chi connectivity index (χ2v) is 5.32. The van der Waals surface area contributed by atoms with Crippen molar-refractivity contribution in [2.75, 3.05) is 6.54 Å². The van der Waals surface area contributed by atoms with E-state index in [9.17, 15) is 8.78 Å². The Hall–Kier alpha value is -1.74. The second kappa shape index (κ2) is 6.81. The van der Waals surface area contributed by atoms with E-state index in [1.807, 2.05) is 19.1 Å². The lowest BCUT2D eigenvalue weighted by Gasteiger charge is -2.22. The summed E-state index contributed by atoms with van der Waals surface area (Å²) in [6, 6.07) is 10.4. The summed E-state index contributed by atoms with van der Waals surface area (Å²) in [4.78, 5) is 0. The lowest BCUT2D eigenvalue weighted by Crippen LogP contribution is -2.24. The topological polar surface area (TPSA) is 12.0 Å². The molecular formula is C18H21F2N. The van der Waals surface area contributed by atoms with Crippen molar-refractivity contribution in [2.24, 2.45) is 0 Å². The summed E-state index contributed by atoms with van der Waals surface area (Å²) < 4.78 is 27.3. The average Bonchev–Trinajstić information content (AvgIpc) is 2.46. The molecule has 2 aromatic rings. The smallest absolute Gasteiger partial charge is 0.162 e. The summed E-state index contributed by atoms with van der Waals surface area (Å²) in [7, 11) is 0. The van der Waals surface area contributed by atoms with Crippen molar-refractivity contribution in [3.8, 4) is 0 Å². The minimum atomic E-state index is -0.788. The molecule has 0 saturated carbocycles. The van der Waals surface area contributed by atoms with E-state index >= 15 is 0 Å². The highest BCUT2D eigenvalue weighted by molar-refractivity contribution is 5.36. The highest BCUT2D eigenvalue weighted by atomic mass is 19.2. The maximum atomic E-state index is 13.9. The molecule has 0 heterocycles. The van der Waals surface area contributed by atoms with Crippen LogP contribution in [0.15, 0.2) is 36.4 Å². The van der Waals surface area contributed by atoms with Crippen LogP contribution < -0.4 is 5.32 Å². The Balaban J connectivity index is 2.35. The van der Waals surface area contributed by atoms with Crippen molar-refractivity contribution in [2.45, 2.75) is 33.2 Å². The molecule has 2 rings (SSSR count). The number of likely N-dealkylation sites (N-methyl/N-ethyl adjacent to an activating group) is 1. The molecule has 2 aromatic carbocycles. The van der Waals surface area contributed by atoms with Crippen molar-refractivity contribution in [1.82, 2.24) is 5.32 Å². The molecule has 0 spiro atoms. The molecule has 21 heavy (non-hydrogen) atoms. The van der Waals surface area contributed by atoms with Gasteiger partial charge >= 0.3 is 0 Å². The first-order chi connectivity index (χ1) is 10.0. The molecule has 112 valence electrons. The summed E-state index contributed by atoms with van der Waals surface area (Å²) >= 11 is 0. The minimum Gasteiger partial charge on any atom is -0.310 e. The van der Waals surface area contributed by atoms with Crippen LogP contribution in [0.2, 0.25) is 0 Å². The van der Waals surface area contributed by atoms with E-state index in [1.54, 1.807) is 12.1 Å². The van der Waals surface area contributed by atoms with Crippen LogP contribution in [0.5, 0.6) is 0 Å². The van der Waals surface area contributed by atoms with Crippen molar-refractivity contribution in [3.63, 3.8) is 0 Å². The Labute approximate surface area is 125 Å². The fraction of sp³-hybridized carbons (Fsp3) is 0.333. The standard InChI is InChI=1S/C18H21F2N/c1-4-21-17(15-9-5-7-12(2)13(15)3)11-14-8-6-10-16(19)18(14)20/h5-10,17,21H,4,11H2,1-3H3. The third kappa shape index (κ3) is 3.48. The van der Waals surface area contributed by atoms with E-state index in [0.717, 1.165) is 18.2 Å². The molecule has 3 heteroatoms. The molecule has 1 unspecified atom stereocenters. The van der Waals surface area contributed by atoms with Crippen LogP contribution in [0.3, 0.4) is 0 Å². The summed E-state index contributed by atoms with van der Waals surface area (Å²) in [5, 5.41) is 3.37. The van der Waals surface area contributed by atoms with Crippen LogP contribution >= 0.6 is 0 Å². The molecule has 0 amide bonds. The quantitative estimate of drug-likeness (QED) is 0.856. The summed E-state index contributed by atoms with van der Waals surface area (Å²) in [5.74, 6) is -1.53. The van der Waals surface area contributed by atoms with Crippen molar-refractivity contribution >= 4 is 0 Å². The van der Waals surface area contributed by atoms with Crippen LogP contribution in [-0.4, -0.2) is 6.54 Å². The first kappa shape index (κ1) is 15.6. The zero-order chi connectivity index (χ0) is 15.4. The number of hydrogen-bond donors (Lipinski definition) is 1. The molecular weight excluding hydrogens is 268 g/mol. The molecule has 0 aromatic heterocycles. The van der Waals surface area contributed by atoms with Gasteiger partial charge in [0.05, 0.1) is 0 Å². The van der Waals surface area contributed by atoms with Crippen LogP contribution in [0.4, 0.5) is 8.78 Å². The number of halogens is 2. The van der Waals surface area contributed by atoms with Gasteiger partial charge in [-0.25, -0.2) is 8.78 Å². The van der Waals surface area contributed by atoms with Crippen LogP contribution in [0, 0.1) is 25.5 Å². The zero-order valence-electron chi connectivity index (χ0n) is 12.7. The molecule has 1 N–H and O–H groups in total. The van der Waals surface area contributed by atoms with Crippen LogP contribution in [-0.2, 0) is 6.42 Å². The molecule has 0 saturated heterocycles. The molecule has 0 bridgehead atoms. The van der Waals surface area contributed by atoms with Crippen LogP contribution in [0.25, 0.3) is 0 Å². The maximum Gasteiger partial charge on any atom is 0.162 e. The first-order valence-electron chi connectivity index (χ1n) is 7.27. The van der Waals surface area contributed by atoms with Gasteiger partial charge in [0.15, 0.2) is 11.6 Å². The molecule has 0 aliphatic carbocycles. The fourth-order valence-electron chi connectivity index (χ4n) is 2.62. The third-order valence-electron chi connectivity index (χ3n) is 3.93. The van der Waals surface area contributed by atoms with E-state index in [1.165, 1.54) is 11.1 Å². The Morgan fingerprint density at radius 3 is 2.48 bits per heavy atom. The molecule has 0 aliphatic heterocycles. The van der Waals surface area contributed by atoms with Crippen LogP contribution in [0.1, 0.15) is 35.2 Å². The highest BCUT2D eigenvalue weighted by Crippen LogP contribution is 2.25. The van der Waals surface area contributed by atoms with E-state index in [0.29, 0.717) is 12.0 Å². The predicted molar refractivity (Wildman–Crippen MR) is 82.4 cm³/mol. The first-order valence-corrected chi connectivity index (χ1v) is 7.27. The summed E-state index contributed by atoms with van der Waals surface area (Å²) in [5.41, 5.74) is 3.94. The minimum absolute atomic E-state index is 0.0220. The molecule has 1 atom stereocenters. The number of rotatable bonds is 5. The molecule has 1 nitrogen and oxygen atoms in total. The van der Waals surface area contributed by atoms with Crippen molar-refractivity contribution < 1.29 is 8.78 Å². The Kier molecular flexibility index (Phi) is 5.07. The molecule has 0 fully saturated rings. The average molecular weight is 289 g/mol. The van der Waals surface area contributed by atoms with Gasteiger partial charge in [-0.3, -0.25) is 0 Å². The number of aryl methyl sites for hydroxylation is 1. The zero-order valence-corrected chi connectivity index (χ0v) is 12.7. The number of hydrogen-bond acceptors (Lipinski definition) is 1. The maximum absolute atomic E-state index is 13.9. The monoisotopic (exact) mass is 289 g/mol. The van der Waals surface area contributed by atoms with Gasteiger partial charge in [-0.15, -0.1) is 0 Å². The van der Waals surface area contributed by atoms with Gasteiger partial charge in [0.1, 0.15) is 0 Å². The SMILES string of the molecule is CCNC(Cc1cccc(F)c1F)c1cccc(C)c1C. The Morgan fingerprint density at radius 2 is 1.76 bits per heavy atom. The van der Waals surface area contributed by atoms with E-state index in [-0.39, 0.29) is 6.04 Å². The fourth-order valence-corrected chi connectivity index (χ4v) is 2.62. The van der Waals surface area contributed by atoms with Gasteiger partial charge in [-0.1, -0.05) is 37.3 Å². The normalized spacial score (nSPS) is 12.4. The summed E-state index contributed by atoms with van der Waals surface area (Å²) in [6.45, 7) is 6.91. The molecule has 0 aliphatic rings. The van der Waals surface area contributed by atoms with E-state index < -0.39 is 11.6 Å². The third-order valence-corrected chi connectivity index (χ3v) is 3.93. The molecule has 0 radical (unpaired) electrons. The highest BCUT2D eigenvalue weighted by Gasteiger charge is 2.17. The second-order valence-electron chi connectivity index (χ2n) is 5.32. The lowest BCUT2D eigenvalue weighted by molar-refractivity contribution is 0.480. The van der Waals surface area contributed by atoms with Gasteiger partial charge in [-0.05, 0) is 55.1 Å². The summed E-state index contributed by atoms with van der Waals surface area (Å²) in [6.07, 6.45) is 0.432. The van der Waals surface area contributed by atoms with E-state index in [4.69, 9.17) is 0 Å². The predicted octanol–water partition coefficient (Wildman–Crippen LogP) is 4.47. The lowest BCUT2D eigenvalue weighted by atomic mass is 9.93. The van der Waals surface area contributed by atoms with Gasteiger partial charge in [0.25, 0.3) is 0 Å². The van der Waals surface area contributed by atoms with Gasteiger partial charge < -0.3 is 5.32 Å². The number of benzene rings is 2. The largest absolute Gasteiger partial charge is 0.310 e. The van der Waals surface area contributed by atoms with Crippen molar-refractivity contribution in [3.05, 3.63) is 70.3 Å². The Morgan fingerprint density at radius 1 is 1.05 bits per heavy atom. The van der Waals surface area contributed by atoms with Gasteiger partial charge in [0, 0.05) is 6.04 Å². The number of nitrogens with one attached hydrogen (secondary N) is 1. The van der Waals surface area contributed by atoms with Crippen molar-refractivity contribution in [1.29, 1.82) is 0 Å². The van der Waals surface area contributed by atoms with Gasteiger partial charge in [0.2, 0.25) is 0 Å². The van der Waals surface area contributed by atoms with Gasteiger partial charge in [-0.2, -0.15) is 0 Å².